The van der Waals surface area contributed by atoms with Crippen molar-refractivity contribution in [3.8, 4) is 5.75 Å². The molecule has 2 saturated heterocycles. The quantitative estimate of drug-likeness (QED) is 0.691. The van der Waals surface area contributed by atoms with Crippen LogP contribution in [0.4, 0.5) is 5.69 Å². The number of likely N-dealkylation sites (tertiary alicyclic amines) is 1. The summed E-state index contributed by atoms with van der Waals surface area (Å²) in [7, 11) is 0. The molecular formula is C25H29N3O4. The molecule has 2 aromatic rings. The van der Waals surface area contributed by atoms with Crippen molar-refractivity contribution in [2.45, 2.75) is 25.7 Å². The lowest BCUT2D eigenvalue weighted by Gasteiger charge is -2.18. The SMILES string of the molecule is O=C(NCCc1ccccc1)[C@@H]1CC(=O)N(c2ccc(OCC(=O)N3CCCC3)cc2)C1. The van der Waals surface area contributed by atoms with E-state index in [0.717, 1.165) is 38.0 Å². The van der Waals surface area contributed by atoms with Gasteiger partial charge in [0.1, 0.15) is 5.75 Å². The molecule has 2 aliphatic rings. The van der Waals surface area contributed by atoms with Crippen molar-refractivity contribution in [3.05, 3.63) is 60.2 Å². The van der Waals surface area contributed by atoms with Crippen LogP contribution in [0.25, 0.3) is 0 Å². The minimum Gasteiger partial charge on any atom is -0.484 e. The Hall–Kier alpha value is -3.35. The predicted molar refractivity (Wildman–Crippen MR) is 121 cm³/mol. The number of rotatable bonds is 8. The zero-order valence-corrected chi connectivity index (χ0v) is 18.2. The first-order valence-corrected chi connectivity index (χ1v) is 11.2. The topological polar surface area (TPSA) is 79.0 Å². The number of amides is 3. The predicted octanol–water partition coefficient (Wildman–Crippen LogP) is 2.40. The molecular weight excluding hydrogens is 406 g/mol. The van der Waals surface area contributed by atoms with E-state index in [4.69, 9.17) is 4.74 Å². The van der Waals surface area contributed by atoms with Crippen LogP contribution in [-0.2, 0) is 20.8 Å². The lowest BCUT2D eigenvalue weighted by atomic mass is 10.1. The highest BCUT2D eigenvalue weighted by molar-refractivity contribution is 6.00. The summed E-state index contributed by atoms with van der Waals surface area (Å²) in [6, 6.07) is 17.1. The van der Waals surface area contributed by atoms with Crippen molar-refractivity contribution in [2.24, 2.45) is 5.92 Å². The summed E-state index contributed by atoms with van der Waals surface area (Å²) in [6.07, 6.45) is 3.07. The van der Waals surface area contributed by atoms with E-state index in [1.165, 1.54) is 5.56 Å². The van der Waals surface area contributed by atoms with Gasteiger partial charge in [-0.05, 0) is 49.1 Å². The van der Waals surface area contributed by atoms with Crippen LogP contribution in [0.2, 0.25) is 0 Å². The number of ether oxygens (including phenoxy) is 1. The minimum atomic E-state index is -0.354. The number of anilines is 1. The van der Waals surface area contributed by atoms with Gasteiger partial charge in [0.05, 0.1) is 5.92 Å². The van der Waals surface area contributed by atoms with Gasteiger partial charge in [-0.25, -0.2) is 0 Å². The largest absolute Gasteiger partial charge is 0.484 e. The van der Waals surface area contributed by atoms with Crippen LogP contribution in [-0.4, -0.2) is 55.4 Å². The third kappa shape index (κ3) is 5.46. The number of benzene rings is 2. The van der Waals surface area contributed by atoms with Crippen molar-refractivity contribution in [1.29, 1.82) is 0 Å². The van der Waals surface area contributed by atoms with Crippen LogP contribution in [0.3, 0.4) is 0 Å². The summed E-state index contributed by atoms with van der Waals surface area (Å²) in [4.78, 5) is 40.6. The molecule has 7 heteroatoms. The number of hydrogen-bond donors (Lipinski definition) is 1. The highest BCUT2D eigenvalue weighted by Crippen LogP contribution is 2.27. The van der Waals surface area contributed by atoms with Crippen molar-refractivity contribution < 1.29 is 19.1 Å². The summed E-state index contributed by atoms with van der Waals surface area (Å²) in [5, 5.41) is 2.95. The van der Waals surface area contributed by atoms with Crippen molar-refractivity contribution in [1.82, 2.24) is 10.2 Å². The number of carbonyl (C=O) groups excluding carboxylic acids is 3. The van der Waals surface area contributed by atoms with E-state index in [9.17, 15) is 14.4 Å². The van der Waals surface area contributed by atoms with Gasteiger partial charge < -0.3 is 19.9 Å². The average molecular weight is 436 g/mol. The van der Waals surface area contributed by atoms with Gasteiger partial charge in [-0.15, -0.1) is 0 Å². The minimum absolute atomic E-state index is 0.00224. The Bertz CT molecular complexity index is 939. The third-order valence-corrected chi connectivity index (χ3v) is 6.02. The van der Waals surface area contributed by atoms with Crippen LogP contribution in [0.5, 0.6) is 5.75 Å². The van der Waals surface area contributed by atoms with E-state index in [1.807, 2.05) is 35.2 Å². The molecule has 1 atom stereocenters. The smallest absolute Gasteiger partial charge is 0.260 e. The molecule has 0 bridgehead atoms. The molecule has 0 unspecified atom stereocenters. The summed E-state index contributed by atoms with van der Waals surface area (Å²) >= 11 is 0. The third-order valence-electron chi connectivity index (χ3n) is 6.02. The van der Waals surface area contributed by atoms with E-state index in [1.54, 1.807) is 29.2 Å². The second-order valence-corrected chi connectivity index (χ2v) is 8.30. The maximum Gasteiger partial charge on any atom is 0.260 e. The fourth-order valence-electron chi connectivity index (χ4n) is 4.18. The molecule has 4 rings (SSSR count). The summed E-state index contributed by atoms with van der Waals surface area (Å²) in [5.74, 6) is 0.0843. The second kappa shape index (κ2) is 10.3. The standard InChI is InChI=1S/C25H29N3O4/c29-23-16-20(25(31)26-13-12-19-6-2-1-3-7-19)17-28(23)21-8-10-22(11-9-21)32-18-24(30)27-14-4-5-15-27/h1-3,6-11,20H,4-5,12-18H2,(H,26,31)/t20-/m1/s1. The Kier molecular flexibility index (Phi) is 7.04. The van der Waals surface area contributed by atoms with Crippen LogP contribution in [0.1, 0.15) is 24.8 Å². The molecule has 0 spiro atoms. The molecule has 7 nitrogen and oxygen atoms in total. The zero-order valence-electron chi connectivity index (χ0n) is 18.2. The molecule has 0 aliphatic carbocycles. The lowest BCUT2D eigenvalue weighted by molar-refractivity contribution is -0.132. The highest BCUT2D eigenvalue weighted by atomic mass is 16.5. The Morgan fingerprint density at radius 1 is 1.00 bits per heavy atom. The van der Waals surface area contributed by atoms with Crippen LogP contribution in [0.15, 0.2) is 54.6 Å². The second-order valence-electron chi connectivity index (χ2n) is 8.30. The van der Waals surface area contributed by atoms with Gasteiger partial charge in [0.15, 0.2) is 6.61 Å². The van der Waals surface area contributed by atoms with Gasteiger partial charge >= 0.3 is 0 Å². The Labute approximate surface area is 188 Å². The lowest BCUT2D eigenvalue weighted by Crippen LogP contribution is -2.34. The molecule has 0 aromatic heterocycles. The normalized spacial score (nSPS) is 18.1. The number of hydrogen-bond acceptors (Lipinski definition) is 4. The fourth-order valence-corrected chi connectivity index (χ4v) is 4.18. The first-order valence-electron chi connectivity index (χ1n) is 11.2. The molecule has 0 radical (unpaired) electrons. The van der Waals surface area contributed by atoms with E-state index in [0.29, 0.717) is 18.8 Å². The molecule has 32 heavy (non-hydrogen) atoms. The molecule has 1 N–H and O–H groups in total. The van der Waals surface area contributed by atoms with Gasteiger partial charge in [0.2, 0.25) is 11.8 Å². The molecule has 0 saturated carbocycles. The van der Waals surface area contributed by atoms with Gasteiger partial charge in [-0.2, -0.15) is 0 Å². The zero-order chi connectivity index (χ0) is 22.3. The van der Waals surface area contributed by atoms with Gasteiger partial charge in [-0.3, -0.25) is 14.4 Å². The Morgan fingerprint density at radius 3 is 2.44 bits per heavy atom. The van der Waals surface area contributed by atoms with Gasteiger partial charge in [-0.1, -0.05) is 30.3 Å². The molecule has 2 aliphatic heterocycles. The van der Waals surface area contributed by atoms with Crippen molar-refractivity contribution in [2.75, 3.05) is 37.7 Å². The van der Waals surface area contributed by atoms with E-state index < -0.39 is 0 Å². The monoisotopic (exact) mass is 435 g/mol. The maximum atomic E-state index is 12.5. The van der Waals surface area contributed by atoms with E-state index in [2.05, 4.69) is 5.32 Å². The van der Waals surface area contributed by atoms with E-state index >= 15 is 0 Å². The summed E-state index contributed by atoms with van der Waals surface area (Å²) in [5.41, 5.74) is 1.90. The number of nitrogens with zero attached hydrogens (tertiary/aromatic N) is 2. The number of carbonyl (C=O) groups is 3. The first kappa shape index (κ1) is 21.9. The van der Waals surface area contributed by atoms with Crippen molar-refractivity contribution in [3.63, 3.8) is 0 Å². The van der Waals surface area contributed by atoms with Crippen molar-refractivity contribution >= 4 is 23.4 Å². The molecule has 2 heterocycles. The molecule has 2 aromatic carbocycles. The Morgan fingerprint density at radius 2 is 1.72 bits per heavy atom. The van der Waals surface area contributed by atoms with Gasteiger partial charge in [0.25, 0.3) is 5.91 Å². The fraction of sp³-hybridized carbons (Fsp3) is 0.400. The summed E-state index contributed by atoms with van der Waals surface area (Å²) in [6.45, 7) is 2.55. The van der Waals surface area contributed by atoms with Crippen LogP contribution in [0, 0.1) is 5.92 Å². The highest BCUT2D eigenvalue weighted by Gasteiger charge is 2.35. The average Bonchev–Trinajstić information content (AvgIpc) is 3.49. The van der Waals surface area contributed by atoms with Crippen LogP contribution >= 0.6 is 0 Å². The van der Waals surface area contributed by atoms with Gasteiger partial charge in [0, 0.05) is 38.3 Å². The molecule has 3 amide bonds. The Balaban J connectivity index is 1.25. The maximum absolute atomic E-state index is 12.5. The number of nitrogens with one attached hydrogen (secondary N) is 1. The first-order chi connectivity index (χ1) is 15.6. The molecule has 2 fully saturated rings. The van der Waals surface area contributed by atoms with E-state index in [-0.39, 0.29) is 36.7 Å². The summed E-state index contributed by atoms with van der Waals surface area (Å²) < 4.78 is 5.61. The molecule has 168 valence electrons. The van der Waals surface area contributed by atoms with Crippen LogP contribution < -0.4 is 15.0 Å².